The van der Waals surface area contributed by atoms with Crippen LogP contribution in [0.5, 0.6) is 0 Å². The molecule has 188 valence electrons. The fourth-order valence-corrected chi connectivity index (χ4v) is 2.90. The zero-order chi connectivity index (χ0) is 25.4. The molecule has 10 nitrogen and oxygen atoms in total. The van der Waals surface area contributed by atoms with Crippen LogP contribution in [0.15, 0.2) is 25.3 Å². The molecule has 0 fully saturated rings. The number of carbonyl (C=O) groups is 4. The third-order valence-corrected chi connectivity index (χ3v) is 4.39. The summed E-state index contributed by atoms with van der Waals surface area (Å²) < 4.78 is 19.9. The maximum absolute atomic E-state index is 11.9. The Kier molecular flexibility index (Phi) is 14.3. The molecular formula is C23H38N2O8. The lowest BCUT2D eigenvalue weighted by atomic mass is 9.82. The average Bonchev–Trinajstić information content (AvgIpc) is 2.74. The zero-order valence-electron chi connectivity index (χ0n) is 20.3. The Labute approximate surface area is 196 Å². The van der Waals surface area contributed by atoms with Gasteiger partial charge in [0.05, 0.1) is 0 Å². The molecule has 3 atom stereocenters. The van der Waals surface area contributed by atoms with Crippen molar-refractivity contribution in [1.29, 1.82) is 0 Å². The van der Waals surface area contributed by atoms with Crippen LogP contribution in [0.3, 0.4) is 0 Å². The number of nitrogens with one attached hydrogen (secondary N) is 2. The molecule has 0 aromatic heterocycles. The summed E-state index contributed by atoms with van der Waals surface area (Å²) in [4.78, 5) is 45.8. The van der Waals surface area contributed by atoms with Gasteiger partial charge in [0, 0.05) is 25.2 Å². The first-order chi connectivity index (χ1) is 15.4. The molecule has 10 heteroatoms. The van der Waals surface area contributed by atoms with Crippen LogP contribution in [-0.2, 0) is 28.5 Å². The molecule has 3 unspecified atom stereocenters. The van der Waals surface area contributed by atoms with Crippen molar-refractivity contribution in [2.24, 2.45) is 11.3 Å². The molecule has 0 heterocycles. The summed E-state index contributed by atoms with van der Waals surface area (Å²) in [7, 11) is 0. The number of carbonyl (C=O) groups excluding carboxylic acids is 4. The Morgan fingerprint density at radius 2 is 1.30 bits per heavy atom. The van der Waals surface area contributed by atoms with Crippen LogP contribution in [0.2, 0.25) is 0 Å². The van der Waals surface area contributed by atoms with Crippen molar-refractivity contribution < 1.29 is 38.1 Å². The highest BCUT2D eigenvalue weighted by Crippen LogP contribution is 2.26. The summed E-state index contributed by atoms with van der Waals surface area (Å²) >= 11 is 0. The summed E-state index contributed by atoms with van der Waals surface area (Å²) in [6.45, 7) is 16.6. The Bertz CT molecular complexity index is 677. The van der Waals surface area contributed by atoms with E-state index < -0.39 is 36.3 Å². The average molecular weight is 471 g/mol. The van der Waals surface area contributed by atoms with E-state index in [1.807, 2.05) is 13.8 Å². The molecule has 0 saturated carbocycles. The second-order valence-corrected chi connectivity index (χ2v) is 8.64. The summed E-state index contributed by atoms with van der Waals surface area (Å²) in [5.41, 5.74) is -0.204. The number of hydrogen-bond acceptors (Lipinski definition) is 8. The number of amides is 2. The lowest BCUT2D eigenvalue weighted by molar-refractivity contribution is -0.144. The van der Waals surface area contributed by atoms with Gasteiger partial charge >= 0.3 is 24.1 Å². The zero-order valence-corrected chi connectivity index (χ0v) is 20.3. The fraction of sp³-hybridized carbons (Fsp3) is 0.652. The monoisotopic (exact) mass is 470 g/mol. The van der Waals surface area contributed by atoms with E-state index in [0.717, 1.165) is 25.0 Å². The molecule has 0 aromatic rings. The van der Waals surface area contributed by atoms with E-state index in [4.69, 9.17) is 18.9 Å². The summed E-state index contributed by atoms with van der Waals surface area (Å²) in [5.74, 6) is -0.883. The minimum Gasteiger partial charge on any atom is -0.456 e. The largest absolute Gasteiger partial charge is 0.456 e. The van der Waals surface area contributed by atoms with E-state index >= 15 is 0 Å². The maximum atomic E-state index is 11.9. The van der Waals surface area contributed by atoms with Crippen molar-refractivity contribution in [2.75, 3.05) is 26.3 Å². The van der Waals surface area contributed by atoms with Gasteiger partial charge in [0.1, 0.15) is 25.4 Å². The lowest BCUT2D eigenvalue weighted by Crippen LogP contribution is -2.37. The van der Waals surface area contributed by atoms with Crippen LogP contribution in [0.4, 0.5) is 9.59 Å². The van der Waals surface area contributed by atoms with E-state index in [0.29, 0.717) is 13.1 Å². The van der Waals surface area contributed by atoms with E-state index in [1.54, 1.807) is 13.8 Å². The Balaban J connectivity index is 4.09. The molecule has 0 radical (unpaired) electrons. The van der Waals surface area contributed by atoms with Gasteiger partial charge in [-0.25, -0.2) is 19.2 Å². The molecule has 0 saturated heterocycles. The number of ether oxygens (including phenoxy) is 4. The molecule has 0 aliphatic carbocycles. The number of hydrogen-bond donors (Lipinski definition) is 2. The fourth-order valence-electron chi connectivity index (χ4n) is 2.90. The first-order valence-electron chi connectivity index (χ1n) is 10.9. The normalized spacial score (nSPS) is 13.5. The summed E-state index contributed by atoms with van der Waals surface area (Å²) in [6.07, 6.45) is 1.30. The minimum absolute atomic E-state index is 0.0504. The smallest absolute Gasteiger partial charge is 0.407 e. The van der Waals surface area contributed by atoms with Gasteiger partial charge < -0.3 is 29.6 Å². The van der Waals surface area contributed by atoms with Gasteiger partial charge in [-0.05, 0) is 38.0 Å². The molecule has 0 aliphatic rings. The SMILES string of the molecule is C=CC(=O)OC(C)COC(=O)NCCC(C)CC(C)(C)CNC(=O)OCC(C)OC(=O)C=C. The van der Waals surface area contributed by atoms with Gasteiger partial charge in [-0.15, -0.1) is 0 Å². The third-order valence-electron chi connectivity index (χ3n) is 4.39. The van der Waals surface area contributed by atoms with E-state index in [-0.39, 0.29) is 24.5 Å². The van der Waals surface area contributed by atoms with Crippen molar-refractivity contribution in [3.8, 4) is 0 Å². The van der Waals surface area contributed by atoms with E-state index in [1.165, 1.54) is 0 Å². The van der Waals surface area contributed by atoms with Crippen molar-refractivity contribution in [1.82, 2.24) is 10.6 Å². The lowest BCUT2D eigenvalue weighted by Gasteiger charge is -2.28. The predicted octanol–water partition coefficient (Wildman–Crippen LogP) is 3.12. The van der Waals surface area contributed by atoms with Crippen molar-refractivity contribution in [3.05, 3.63) is 25.3 Å². The summed E-state index contributed by atoms with van der Waals surface area (Å²) in [6, 6.07) is 0. The van der Waals surface area contributed by atoms with E-state index in [9.17, 15) is 19.2 Å². The topological polar surface area (TPSA) is 129 Å². The van der Waals surface area contributed by atoms with E-state index in [2.05, 4.69) is 30.7 Å². The maximum Gasteiger partial charge on any atom is 0.407 e. The van der Waals surface area contributed by atoms with Gasteiger partial charge in [0.15, 0.2) is 0 Å². The molecule has 0 spiro atoms. The van der Waals surface area contributed by atoms with Gasteiger partial charge in [-0.3, -0.25) is 0 Å². The van der Waals surface area contributed by atoms with Crippen molar-refractivity contribution in [2.45, 2.75) is 59.7 Å². The van der Waals surface area contributed by atoms with Gasteiger partial charge in [0.25, 0.3) is 0 Å². The summed E-state index contributed by atoms with van der Waals surface area (Å²) in [5, 5.41) is 5.38. The molecule has 2 amide bonds. The van der Waals surface area contributed by atoms with Gasteiger partial charge in [0.2, 0.25) is 0 Å². The molecular weight excluding hydrogens is 432 g/mol. The highest BCUT2D eigenvalue weighted by atomic mass is 16.6. The highest BCUT2D eigenvalue weighted by molar-refractivity contribution is 5.81. The third kappa shape index (κ3) is 16.3. The second-order valence-electron chi connectivity index (χ2n) is 8.64. The van der Waals surface area contributed by atoms with Gasteiger partial charge in [-0.1, -0.05) is 33.9 Å². The quantitative estimate of drug-likeness (QED) is 0.212. The van der Waals surface area contributed by atoms with Crippen LogP contribution >= 0.6 is 0 Å². The highest BCUT2D eigenvalue weighted by Gasteiger charge is 2.23. The number of rotatable bonds is 15. The first kappa shape index (κ1) is 30.0. The van der Waals surface area contributed by atoms with Crippen LogP contribution in [0.25, 0.3) is 0 Å². The van der Waals surface area contributed by atoms with Crippen molar-refractivity contribution >= 4 is 24.1 Å². The molecule has 0 aliphatic heterocycles. The number of alkyl carbamates (subject to hydrolysis) is 2. The molecule has 0 rings (SSSR count). The predicted molar refractivity (Wildman–Crippen MR) is 122 cm³/mol. The Morgan fingerprint density at radius 3 is 1.76 bits per heavy atom. The first-order valence-corrected chi connectivity index (χ1v) is 10.9. The molecule has 0 bridgehead atoms. The molecule has 2 N–H and O–H groups in total. The van der Waals surface area contributed by atoms with Crippen LogP contribution < -0.4 is 10.6 Å². The Hall–Kier alpha value is -3.04. The standard InChI is InChI=1S/C23H38N2O8/c1-8-19(26)32-17(4)13-30-21(28)24-11-10-16(3)12-23(6,7)15-25-22(29)31-14-18(5)33-20(27)9-2/h8-9,16-18H,1-2,10-15H2,3-7H3,(H,24,28)(H,25,29). The van der Waals surface area contributed by atoms with Crippen LogP contribution in [0, 0.1) is 11.3 Å². The Morgan fingerprint density at radius 1 is 0.848 bits per heavy atom. The number of esters is 2. The van der Waals surface area contributed by atoms with Crippen LogP contribution in [0.1, 0.15) is 47.5 Å². The molecule has 33 heavy (non-hydrogen) atoms. The van der Waals surface area contributed by atoms with Crippen LogP contribution in [-0.4, -0.2) is 62.6 Å². The minimum atomic E-state index is -0.588. The molecule has 0 aromatic carbocycles. The van der Waals surface area contributed by atoms with Gasteiger partial charge in [-0.2, -0.15) is 0 Å². The van der Waals surface area contributed by atoms with Crippen molar-refractivity contribution in [3.63, 3.8) is 0 Å². The second kappa shape index (κ2) is 15.7.